The molecule has 0 spiro atoms. The van der Waals surface area contributed by atoms with Gasteiger partial charge in [-0.1, -0.05) is 13.8 Å². The highest BCUT2D eigenvalue weighted by atomic mass is 19.3. The van der Waals surface area contributed by atoms with Crippen molar-refractivity contribution in [1.82, 2.24) is 5.32 Å². The summed E-state index contributed by atoms with van der Waals surface area (Å²) in [4.78, 5) is 0. The standard InChI is InChI=1S/C10H17F2N/c1-6-3-9(7(6)2)13-8-4-10(11,12)5-8/h6-9,13H,3-5H2,1-2H3. The van der Waals surface area contributed by atoms with Gasteiger partial charge in [-0.25, -0.2) is 8.78 Å². The summed E-state index contributed by atoms with van der Waals surface area (Å²) in [5.41, 5.74) is 0. The lowest BCUT2D eigenvalue weighted by molar-refractivity contribution is -0.100. The van der Waals surface area contributed by atoms with Crippen LogP contribution in [-0.2, 0) is 0 Å². The molecule has 76 valence electrons. The van der Waals surface area contributed by atoms with Gasteiger partial charge in [0, 0.05) is 24.9 Å². The summed E-state index contributed by atoms with van der Waals surface area (Å²) >= 11 is 0. The number of hydrogen-bond donors (Lipinski definition) is 1. The second-order valence-corrected chi connectivity index (χ2v) is 4.81. The van der Waals surface area contributed by atoms with Crippen LogP contribution >= 0.6 is 0 Å². The van der Waals surface area contributed by atoms with Gasteiger partial charge >= 0.3 is 0 Å². The zero-order valence-electron chi connectivity index (χ0n) is 8.19. The first-order valence-corrected chi connectivity index (χ1v) is 5.12. The van der Waals surface area contributed by atoms with Crippen molar-refractivity contribution in [2.24, 2.45) is 11.8 Å². The van der Waals surface area contributed by atoms with Gasteiger partial charge in [-0.05, 0) is 18.3 Å². The third-order valence-electron chi connectivity index (χ3n) is 3.70. The maximum absolute atomic E-state index is 12.5. The van der Waals surface area contributed by atoms with Crippen molar-refractivity contribution in [2.75, 3.05) is 0 Å². The van der Waals surface area contributed by atoms with Gasteiger partial charge in [0.2, 0.25) is 0 Å². The Bertz CT molecular complexity index is 197. The summed E-state index contributed by atoms with van der Waals surface area (Å²) in [6.45, 7) is 4.42. The molecular formula is C10H17F2N. The van der Waals surface area contributed by atoms with Gasteiger partial charge in [-0.15, -0.1) is 0 Å². The molecule has 2 aliphatic rings. The number of alkyl halides is 2. The molecule has 1 nitrogen and oxygen atoms in total. The predicted octanol–water partition coefficient (Wildman–Crippen LogP) is 2.42. The Morgan fingerprint density at radius 1 is 1.23 bits per heavy atom. The molecule has 0 aliphatic heterocycles. The maximum Gasteiger partial charge on any atom is 0.251 e. The van der Waals surface area contributed by atoms with E-state index in [-0.39, 0.29) is 18.9 Å². The summed E-state index contributed by atoms with van der Waals surface area (Å²) in [7, 11) is 0. The molecule has 1 N–H and O–H groups in total. The third kappa shape index (κ3) is 1.71. The van der Waals surface area contributed by atoms with Crippen LogP contribution in [-0.4, -0.2) is 18.0 Å². The number of nitrogens with one attached hydrogen (secondary N) is 1. The van der Waals surface area contributed by atoms with Gasteiger partial charge in [-0.3, -0.25) is 0 Å². The first-order chi connectivity index (χ1) is 5.98. The van der Waals surface area contributed by atoms with E-state index in [9.17, 15) is 8.78 Å². The summed E-state index contributed by atoms with van der Waals surface area (Å²) < 4.78 is 25.0. The van der Waals surface area contributed by atoms with Crippen molar-refractivity contribution >= 4 is 0 Å². The van der Waals surface area contributed by atoms with E-state index in [1.807, 2.05) is 0 Å². The zero-order chi connectivity index (χ0) is 9.64. The molecule has 0 aromatic rings. The first kappa shape index (κ1) is 9.38. The Hall–Kier alpha value is -0.180. The Morgan fingerprint density at radius 2 is 1.85 bits per heavy atom. The summed E-state index contributed by atoms with van der Waals surface area (Å²) in [6.07, 6.45) is 1.25. The molecule has 0 bridgehead atoms. The van der Waals surface area contributed by atoms with Gasteiger partial charge in [0.25, 0.3) is 5.92 Å². The highest BCUT2D eigenvalue weighted by Gasteiger charge is 2.47. The van der Waals surface area contributed by atoms with Crippen LogP contribution in [0.25, 0.3) is 0 Å². The fraction of sp³-hybridized carbons (Fsp3) is 1.00. The molecule has 13 heavy (non-hydrogen) atoms. The molecule has 2 saturated carbocycles. The minimum atomic E-state index is -2.38. The number of hydrogen-bond acceptors (Lipinski definition) is 1. The van der Waals surface area contributed by atoms with Crippen LogP contribution in [0.3, 0.4) is 0 Å². The van der Waals surface area contributed by atoms with Crippen molar-refractivity contribution in [3.63, 3.8) is 0 Å². The minimum Gasteiger partial charge on any atom is -0.310 e. The van der Waals surface area contributed by atoms with E-state index in [0.717, 1.165) is 12.3 Å². The zero-order valence-corrected chi connectivity index (χ0v) is 8.19. The highest BCUT2D eigenvalue weighted by Crippen LogP contribution is 2.40. The lowest BCUT2D eigenvalue weighted by Crippen LogP contribution is -2.57. The Labute approximate surface area is 77.9 Å². The molecule has 0 aromatic heterocycles. The summed E-state index contributed by atoms with van der Waals surface area (Å²) in [5.74, 6) is -0.955. The minimum absolute atomic E-state index is 0.0462. The van der Waals surface area contributed by atoms with Crippen LogP contribution in [0, 0.1) is 11.8 Å². The lowest BCUT2D eigenvalue weighted by Gasteiger charge is -2.46. The molecule has 0 heterocycles. The molecule has 0 radical (unpaired) electrons. The average Bonchev–Trinajstić information content (AvgIpc) is 2.00. The SMILES string of the molecule is CC1CC(NC2CC(F)(F)C2)C1C. The summed E-state index contributed by atoms with van der Waals surface area (Å²) in [5, 5.41) is 3.31. The van der Waals surface area contributed by atoms with E-state index in [2.05, 4.69) is 19.2 Å². The summed E-state index contributed by atoms with van der Waals surface area (Å²) in [6, 6.07) is 0.575. The van der Waals surface area contributed by atoms with Crippen LogP contribution in [0.5, 0.6) is 0 Å². The van der Waals surface area contributed by atoms with Crippen molar-refractivity contribution in [3.8, 4) is 0 Å². The quantitative estimate of drug-likeness (QED) is 0.703. The molecule has 3 atom stereocenters. The first-order valence-electron chi connectivity index (χ1n) is 5.12. The molecular weight excluding hydrogens is 172 g/mol. The van der Waals surface area contributed by atoms with Gasteiger partial charge in [0.15, 0.2) is 0 Å². The molecule has 0 saturated heterocycles. The van der Waals surface area contributed by atoms with Crippen LogP contribution in [0.1, 0.15) is 33.1 Å². The predicted molar refractivity (Wildman–Crippen MR) is 47.8 cm³/mol. The molecule has 0 amide bonds. The number of rotatable bonds is 2. The largest absolute Gasteiger partial charge is 0.310 e. The van der Waals surface area contributed by atoms with Crippen LogP contribution in [0.15, 0.2) is 0 Å². The van der Waals surface area contributed by atoms with Crippen LogP contribution < -0.4 is 5.32 Å². The van der Waals surface area contributed by atoms with E-state index in [1.54, 1.807) is 0 Å². The van der Waals surface area contributed by atoms with E-state index in [4.69, 9.17) is 0 Å². The Balaban J connectivity index is 1.70. The van der Waals surface area contributed by atoms with Gasteiger partial charge < -0.3 is 5.32 Å². The van der Waals surface area contributed by atoms with E-state index < -0.39 is 5.92 Å². The Morgan fingerprint density at radius 3 is 2.23 bits per heavy atom. The molecule has 3 unspecified atom stereocenters. The van der Waals surface area contributed by atoms with E-state index >= 15 is 0 Å². The molecule has 2 aliphatic carbocycles. The van der Waals surface area contributed by atoms with Crippen molar-refractivity contribution in [1.29, 1.82) is 0 Å². The van der Waals surface area contributed by atoms with Gasteiger partial charge in [0.05, 0.1) is 0 Å². The highest BCUT2D eigenvalue weighted by molar-refractivity contribution is 4.97. The van der Waals surface area contributed by atoms with Crippen molar-refractivity contribution in [3.05, 3.63) is 0 Å². The second-order valence-electron chi connectivity index (χ2n) is 4.81. The molecule has 2 fully saturated rings. The van der Waals surface area contributed by atoms with Crippen molar-refractivity contribution in [2.45, 2.75) is 51.1 Å². The van der Waals surface area contributed by atoms with Crippen LogP contribution in [0.4, 0.5) is 8.78 Å². The van der Waals surface area contributed by atoms with E-state index in [0.29, 0.717) is 12.0 Å². The smallest absolute Gasteiger partial charge is 0.251 e. The number of halogens is 2. The normalized spacial score (nSPS) is 43.8. The maximum atomic E-state index is 12.5. The fourth-order valence-electron chi connectivity index (χ4n) is 2.33. The molecule has 3 heteroatoms. The fourth-order valence-corrected chi connectivity index (χ4v) is 2.33. The lowest BCUT2D eigenvalue weighted by atomic mass is 9.70. The van der Waals surface area contributed by atoms with E-state index in [1.165, 1.54) is 0 Å². The topological polar surface area (TPSA) is 12.0 Å². The second kappa shape index (κ2) is 2.91. The van der Waals surface area contributed by atoms with Gasteiger partial charge in [-0.2, -0.15) is 0 Å². The Kier molecular flexibility index (Phi) is 2.10. The van der Waals surface area contributed by atoms with Crippen LogP contribution in [0.2, 0.25) is 0 Å². The third-order valence-corrected chi connectivity index (χ3v) is 3.70. The molecule has 2 rings (SSSR count). The molecule has 0 aromatic carbocycles. The monoisotopic (exact) mass is 189 g/mol. The van der Waals surface area contributed by atoms with Gasteiger partial charge in [0.1, 0.15) is 0 Å². The van der Waals surface area contributed by atoms with Crippen molar-refractivity contribution < 1.29 is 8.78 Å². The average molecular weight is 189 g/mol.